The van der Waals surface area contributed by atoms with Crippen molar-refractivity contribution in [1.82, 2.24) is 10.2 Å². The number of ether oxygens (including phenoxy) is 1. The molecule has 0 spiro atoms. The van der Waals surface area contributed by atoms with Crippen LogP contribution in [0.25, 0.3) is 0 Å². The molecular formula is C20H20F2N4O3. The lowest BCUT2D eigenvalue weighted by atomic mass is 9.93. The van der Waals surface area contributed by atoms with Gasteiger partial charge in [-0.1, -0.05) is 25.1 Å². The summed E-state index contributed by atoms with van der Waals surface area (Å²) in [6, 6.07) is 8.73. The van der Waals surface area contributed by atoms with E-state index in [1.54, 1.807) is 13.0 Å². The summed E-state index contributed by atoms with van der Waals surface area (Å²) in [5, 5.41) is 12.8. The largest absolute Gasteiger partial charge is 0.480 e. The fourth-order valence-electron chi connectivity index (χ4n) is 3.05. The SMILES string of the molecule is CCC(F)(F)c1cccc(CC(=O)C2C(=O)N(c3ccc(OC)nn3)N=C2C)c1. The molecule has 1 aliphatic rings. The summed E-state index contributed by atoms with van der Waals surface area (Å²) in [4.78, 5) is 25.5. The zero-order valence-corrected chi connectivity index (χ0v) is 16.2. The van der Waals surface area contributed by atoms with Crippen molar-refractivity contribution in [2.24, 2.45) is 11.0 Å². The Morgan fingerprint density at radius 3 is 2.62 bits per heavy atom. The first-order valence-corrected chi connectivity index (χ1v) is 9.03. The Morgan fingerprint density at radius 2 is 2.00 bits per heavy atom. The number of alkyl halides is 2. The predicted molar refractivity (Wildman–Crippen MR) is 102 cm³/mol. The minimum atomic E-state index is -2.97. The highest BCUT2D eigenvalue weighted by Crippen LogP contribution is 2.32. The van der Waals surface area contributed by atoms with Gasteiger partial charge in [-0.2, -0.15) is 10.1 Å². The lowest BCUT2D eigenvalue weighted by Crippen LogP contribution is -2.34. The van der Waals surface area contributed by atoms with Crippen molar-refractivity contribution >= 4 is 23.2 Å². The van der Waals surface area contributed by atoms with Crippen LogP contribution in [0.5, 0.6) is 5.88 Å². The third kappa shape index (κ3) is 4.13. The fraction of sp³-hybridized carbons (Fsp3) is 0.350. The van der Waals surface area contributed by atoms with Gasteiger partial charge in [-0.3, -0.25) is 9.59 Å². The topological polar surface area (TPSA) is 84.8 Å². The molecule has 1 unspecified atom stereocenters. The molecule has 0 fully saturated rings. The van der Waals surface area contributed by atoms with Crippen LogP contribution in [0.15, 0.2) is 41.5 Å². The Kier molecular flexibility index (Phi) is 5.67. The van der Waals surface area contributed by atoms with Crippen LogP contribution in [0.1, 0.15) is 31.4 Å². The van der Waals surface area contributed by atoms with Gasteiger partial charge < -0.3 is 4.74 Å². The molecule has 3 rings (SSSR count). The first-order valence-electron chi connectivity index (χ1n) is 9.03. The van der Waals surface area contributed by atoms with Crippen molar-refractivity contribution in [2.75, 3.05) is 12.1 Å². The molecule has 1 aromatic carbocycles. The van der Waals surface area contributed by atoms with Crippen molar-refractivity contribution in [3.05, 3.63) is 47.5 Å². The molecule has 0 saturated heterocycles. The molecule has 1 aliphatic heterocycles. The molecule has 1 aromatic heterocycles. The number of hydrogen-bond acceptors (Lipinski definition) is 6. The first kappa shape index (κ1) is 20.5. The number of methoxy groups -OCH3 is 1. The summed E-state index contributed by atoms with van der Waals surface area (Å²) < 4.78 is 32.8. The van der Waals surface area contributed by atoms with E-state index >= 15 is 0 Å². The number of ketones is 1. The molecule has 0 radical (unpaired) electrons. The van der Waals surface area contributed by atoms with Gasteiger partial charge in [-0.25, -0.2) is 8.78 Å². The van der Waals surface area contributed by atoms with E-state index in [-0.39, 0.29) is 30.1 Å². The lowest BCUT2D eigenvalue weighted by molar-refractivity contribution is -0.128. The van der Waals surface area contributed by atoms with Crippen molar-refractivity contribution in [1.29, 1.82) is 0 Å². The molecular weight excluding hydrogens is 382 g/mol. The van der Waals surface area contributed by atoms with Crippen molar-refractivity contribution in [3.8, 4) is 5.88 Å². The van der Waals surface area contributed by atoms with Crippen LogP contribution in [0.4, 0.5) is 14.6 Å². The van der Waals surface area contributed by atoms with Gasteiger partial charge in [0, 0.05) is 24.5 Å². The highest BCUT2D eigenvalue weighted by Gasteiger charge is 2.40. The van der Waals surface area contributed by atoms with Crippen LogP contribution in [-0.4, -0.2) is 34.7 Å². The number of halogens is 2. The Bertz CT molecular complexity index is 960. The average Bonchev–Trinajstić information content (AvgIpc) is 3.02. The van der Waals surface area contributed by atoms with E-state index < -0.39 is 23.5 Å². The molecule has 9 heteroatoms. The van der Waals surface area contributed by atoms with Gasteiger partial charge >= 0.3 is 0 Å². The van der Waals surface area contributed by atoms with E-state index in [0.717, 1.165) is 5.01 Å². The number of aromatic nitrogens is 2. The summed E-state index contributed by atoms with van der Waals surface area (Å²) in [5.41, 5.74) is 0.583. The summed E-state index contributed by atoms with van der Waals surface area (Å²) in [6.45, 7) is 2.96. The second-order valence-corrected chi connectivity index (χ2v) is 6.66. The van der Waals surface area contributed by atoms with Gasteiger partial charge in [-0.05, 0) is 24.6 Å². The average molecular weight is 402 g/mol. The van der Waals surface area contributed by atoms with Crippen LogP contribution in [0.3, 0.4) is 0 Å². The van der Waals surface area contributed by atoms with Crippen LogP contribution in [0.2, 0.25) is 0 Å². The molecule has 7 nitrogen and oxygen atoms in total. The van der Waals surface area contributed by atoms with E-state index in [1.165, 1.54) is 44.4 Å². The molecule has 0 N–H and O–H groups in total. The number of anilines is 1. The Morgan fingerprint density at radius 1 is 1.24 bits per heavy atom. The number of benzene rings is 1. The maximum atomic E-state index is 13.9. The lowest BCUT2D eigenvalue weighted by Gasteiger charge is -2.16. The summed E-state index contributed by atoms with van der Waals surface area (Å²) in [6.07, 6.45) is -0.492. The molecule has 152 valence electrons. The minimum absolute atomic E-state index is 0.149. The van der Waals surface area contributed by atoms with Gasteiger partial charge in [-0.15, -0.1) is 10.2 Å². The van der Waals surface area contributed by atoms with Crippen molar-refractivity contribution in [3.63, 3.8) is 0 Å². The van der Waals surface area contributed by atoms with Crippen LogP contribution < -0.4 is 9.75 Å². The fourth-order valence-corrected chi connectivity index (χ4v) is 3.05. The van der Waals surface area contributed by atoms with E-state index in [4.69, 9.17) is 4.74 Å². The maximum absolute atomic E-state index is 13.9. The van der Waals surface area contributed by atoms with Crippen molar-refractivity contribution < 1.29 is 23.1 Å². The number of rotatable bonds is 7. The Labute approximate surface area is 166 Å². The van der Waals surface area contributed by atoms with Crippen LogP contribution >= 0.6 is 0 Å². The second-order valence-electron chi connectivity index (χ2n) is 6.66. The van der Waals surface area contributed by atoms with Crippen LogP contribution in [-0.2, 0) is 21.9 Å². The third-order valence-electron chi connectivity index (χ3n) is 4.68. The van der Waals surface area contributed by atoms with Gasteiger partial charge in [0.05, 0.1) is 12.8 Å². The molecule has 2 aromatic rings. The highest BCUT2D eigenvalue weighted by molar-refractivity contribution is 6.27. The molecule has 0 bridgehead atoms. The Hall–Kier alpha value is -3.23. The second kappa shape index (κ2) is 8.02. The zero-order valence-electron chi connectivity index (χ0n) is 16.2. The molecule has 1 atom stereocenters. The minimum Gasteiger partial charge on any atom is -0.480 e. The number of amides is 1. The standard InChI is InChI=1S/C20H20F2N4O3/c1-4-20(21,22)14-7-5-6-13(10-14)11-15(27)18-12(2)25-26(19(18)28)16-8-9-17(29-3)24-23-16/h5-10,18H,4,11H2,1-3H3. The van der Waals surface area contributed by atoms with E-state index in [9.17, 15) is 18.4 Å². The molecule has 0 aliphatic carbocycles. The number of Topliss-reactive ketones (excluding diaryl/α,β-unsaturated/α-hetero) is 1. The third-order valence-corrected chi connectivity index (χ3v) is 4.68. The number of hydrogen-bond donors (Lipinski definition) is 0. The van der Waals surface area contributed by atoms with E-state index in [1.807, 2.05) is 0 Å². The van der Waals surface area contributed by atoms with E-state index in [2.05, 4.69) is 15.3 Å². The smallest absolute Gasteiger partial charge is 0.273 e. The summed E-state index contributed by atoms with van der Waals surface area (Å²) >= 11 is 0. The quantitative estimate of drug-likeness (QED) is 0.665. The van der Waals surface area contributed by atoms with Gasteiger partial charge in [0.1, 0.15) is 5.92 Å². The predicted octanol–water partition coefficient (Wildman–Crippen LogP) is 3.14. The molecule has 2 heterocycles. The Balaban J connectivity index is 1.77. The number of carbonyl (C=O) groups is 2. The van der Waals surface area contributed by atoms with E-state index in [0.29, 0.717) is 11.3 Å². The summed E-state index contributed by atoms with van der Waals surface area (Å²) in [5.74, 6) is -4.59. The zero-order chi connectivity index (χ0) is 21.2. The van der Waals surface area contributed by atoms with Gasteiger partial charge in [0.25, 0.3) is 11.8 Å². The number of hydrazone groups is 1. The highest BCUT2D eigenvalue weighted by atomic mass is 19.3. The van der Waals surface area contributed by atoms with Gasteiger partial charge in [0.2, 0.25) is 5.88 Å². The van der Waals surface area contributed by atoms with Gasteiger partial charge in [0.15, 0.2) is 11.6 Å². The molecule has 29 heavy (non-hydrogen) atoms. The maximum Gasteiger partial charge on any atom is 0.273 e. The van der Waals surface area contributed by atoms with Crippen molar-refractivity contribution in [2.45, 2.75) is 32.6 Å². The normalized spacial score (nSPS) is 16.7. The molecule has 0 saturated carbocycles. The molecule has 1 amide bonds. The number of nitrogens with zero attached hydrogens (tertiary/aromatic N) is 4. The number of carbonyl (C=O) groups excluding carboxylic acids is 2. The van der Waals surface area contributed by atoms with Crippen LogP contribution in [0, 0.1) is 5.92 Å². The summed E-state index contributed by atoms with van der Waals surface area (Å²) in [7, 11) is 1.44. The first-order chi connectivity index (χ1) is 13.8. The monoisotopic (exact) mass is 402 g/mol.